The standard InChI is InChI=1S/C14H20N4O3/c1-4-6-7-18-13-10(8-16-18)11(15)12(9(3)17-13)21-14(19)20-5-2/h8H,4-7H2,1-3H3,(H2,15,17). The lowest BCUT2D eigenvalue weighted by Gasteiger charge is -2.10. The molecule has 7 nitrogen and oxygen atoms in total. The predicted molar refractivity (Wildman–Crippen MR) is 79.2 cm³/mol. The van der Waals surface area contributed by atoms with Crippen molar-refractivity contribution in [3.8, 4) is 5.75 Å². The van der Waals surface area contributed by atoms with E-state index < -0.39 is 6.16 Å². The van der Waals surface area contributed by atoms with E-state index in [-0.39, 0.29) is 12.4 Å². The number of anilines is 1. The van der Waals surface area contributed by atoms with E-state index >= 15 is 0 Å². The Bertz CT molecular complexity index is 651. The fraction of sp³-hybridized carbons (Fsp3) is 0.500. The van der Waals surface area contributed by atoms with Gasteiger partial charge >= 0.3 is 6.16 Å². The molecule has 2 heterocycles. The van der Waals surface area contributed by atoms with Gasteiger partial charge in [-0.1, -0.05) is 13.3 Å². The van der Waals surface area contributed by atoms with Crippen LogP contribution in [0.5, 0.6) is 5.75 Å². The van der Waals surface area contributed by atoms with Gasteiger partial charge in [0.05, 0.1) is 29.6 Å². The van der Waals surface area contributed by atoms with Gasteiger partial charge in [-0.25, -0.2) is 14.5 Å². The number of nitrogens with zero attached hydrogens (tertiary/aromatic N) is 3. The van der Waals surface area contributed by atoms with Crippen molar-refractivity contribution in [1.29, 1.82) is 0 Å². The molecule has 0 aromatic carbocycles. The van der Waals surface area contributed by atoms with Crippen molar-refractivity contribution in [2.45, 2.75) is 40.2 Å². The number of unbranched alkanes of at least 4 members (excludes halogenated alkanes) is 1. The summed E-state index contributed by atoms with van der Waals surface area (Å²) in [7, 11) is 0. The molecule has 0 aliphatic rings. The molecule has 0 spiro atoms. The van der Waals surface area contributed by atoms with Crippen LogP contribution in [0.1, 0.15) is 32.4 Å². The zero-order valence-corrected chi connectivity index (χ0v) is 12.5. The van der Waals surface area contributed by atoms with E-state index in [1.807, 2.05) is 4.68 Å². The number of rotatable bonds is 5. The smallest absolute Gasteiger partial charge is 0.434 e. The molecule has 2 aromatic heterocycles. The van der Waals surface area contributed by atoms with Crippen molar-refractivity contribution in [1.82, 2.24) is 14.8 Å². The third-order valence-electron chi connectivity index (χ3n) is 3.12. The average molecular weight is 292 g/mol. The van der Waals surface area contributed by atoms with Crippen LogP contribution in [0, 0.1) is 6.92 Å². The van der Waals surface area contributed by atoms with Crippen molar-refractivity contribution in [3.63, 3.8) is 0 Å². The maximum atomic E-state index is 11.5. The van der Waals surface area contributed by atoms with Gasteiger partial charge in [-0.15, -0.1) is 0 Å². The summed E-state index contributed by atoms with van der Waals surface area (Å²) in [5.74, 6) is 0.232. The number of nitrogen functional groups attached to an aromatic ring is 1. The highest BCUT2D eigenvalue weighted by Crippen LogP contribution is 2.32. The Morgan fingerprint density at radius 3 is 2.86 bits per heavy atom. The minimum Gasteiger partial charge on any atom is -0.434 e. The molecule has 2 aromatic rings. The summed E-state index contributed by atoms with van der Waals surface area (Å²) in [6.45, 7) is 6.58. The van der Waals surface area contributed by atoms with Gasteiger partial charge in [-0.2, -0.15) is 5.10 Å². The molecule has 0 radical (unpaired) electrons. The highest BCUT2D eigenvalue weighted by Gasteiger charge is 2.18. The number of hydrogen-bond acceptors (Lipinski definition) is 6. The van der Waals surface area contributed by atoms with Crippen molar-refractivity contribution in [2.24, 2.45) is 0 Å². The summed E-state index contributed by atoms with van der Waals surface area (Å²) in [5, 5.41) is 4.97. The van der Waals surface area contributed by atoms with Crippen LogP contribution in [-0.2, 0) is 11.3 Å². The van der Waals surface area contributed by atoms with E-state index in [9.17, 15) is 4.79 Å². The Kier molecular flexibility index (Phi) is 4.62. The predicted octanol–water partition coefficient (Wildman–Crippen LogP) is 2.66. The third-order valence-corrected chi connectivity index (χ3v) is 3.12. The largest absolute Gasteiger partial charge is 0.513 e. The molecule has 0 atom stereocenters. The zero-order valence-electron chi connectivity index (χ0n) is 12.5. The van der Waals surface area contributed by atoms with Gasteiger partial charge in [0, 0.05) is 6.54 Å². The van der Waals surface area contributed by atoms with E-state index in [1.165, 1.54) is 0 Å². The monoisotopic (exact) mass is 292 g/mol. The maximum Gasteiger partial charge on any atom is 0.513 e. The summed E-state index contributed by atoms with van der Waals surface area (Å²) in [6.07, 6.45) is 2.94. The van der Waals surface area contributed by atoms with Crippen molar-refractivity contribution in [3.05, 3.63) is 11.9 Å². The molecule has 0 saturated carbocycles. The second-order valence-corrected chi connectivity index (χ2v) is 4.68. The van der Waals surface area contributed by atoms with Gasteiger partial charge in [0.1, 0.15) is 0 Å². The number of aryl methyl sites for hydroxylation is 2. The Morgan fingerprint density at radius 1 is 1.43 bits per heavy atom. The SMILES string of the molecule is CCCCn1ncc2c(N)c(OC(=O)OCC)c(C)nc21. The Balaban J connectivity index is 2.39. The minimum atomic E-state index is -0.785. The van der Waals surface area contributed by atoms with Crippen LogP contribution in [0.15, 0.2) is 6.20 Å². The lowest BCUT2D eigenvalue weighted by molar-refractivity contribution is 0.104. The molecule has 7 heteroatoms. The van der Waals surface area contributed by atoms with Crippen LogP contribution in [0.25, 0.3) is 11.0 Å². The molecule has 21 heavy (non-hydrogen) atoms. The molecular formula is C14H20N4O3. The lowest BCUT2D eigenvalue weighted by atomic mass is 10.2. The second kappa shape index (κ2) is 6.43. The molecule has 0 fully saturated rings. The molecular weight excluding hydrogens is 272 g/mol. The molecule has 0 unspecified atom stereocenters. The highest BCUT2D eigenvalue weighted by atomic mass is 16.7. The molecule has 114 valence electrons. The molecule has 0 amide bonds. The van der Waals surface area contributed by atoms with Crippen molar-refractivity contribution in [2.75, 3.05) is 12.3 Å². The Hall–Kier alpha value is -2.31. The maximum absolute atomic E-state index is 11.5. The zero-order chi connectivity index (χ0) is 15.4. The molecule has 0 saturated heterocycles. The minimum absolute atomic E-state index is 0.232. The van der Waals surface area contributed by atoms with E-state index in [0.29, 0.717) is 22.4 Å². The summed E-state index contributed by atoms with van der Waals surface area (Å²) in [4.78, 5) is 15.9. The first kappa shape index (κ1) is 15.1. The number of hydrogen-bond donors (Lipinski definition) is 1. The van der Waals surface area contributed by atoms with Crippen LogP contribution < -0.4 is 10.5 Å². The van der Waals surface area contributed by atoms with Gasteiger partial charge in [0.25, 0.3) is 0 Å². The number of nitrogens with two attached hydrogens (primary N) is 1. The Labute approximate surface area is 123 Å². The van der Waals surface area contributed by atoms with Gasteiger partial charge in [0.2, 0.25) is 0 Å². The number of fused-ring (bicyclic) bond motifs is 1. The molecule has 0 aliphatic carbocycles. The highest BCUT2D eigenvalue weighted by molar-refractivity contribution is 5.92. The molecule has 0 bridgehead atoms. The van der Waals surface area contributed by atoms with Crippen LogP contribution in [0.3, 0.4) is 0 Å². The quantitative estimate of drug-likeness (QED) is 0.852. The topological polar surface area (TPSA) is 92.3 Å². The van der Waals surface area contributed by atoms with Crippen LogP contribution in [0.2, 0.25) is 0 Å². The lowest BCUT2D eigenvalue weighted by Crippen LogP contribution is -2.13. The number of pyridine rings is 1. The van der Waals surface area contributed by atoms with Crippen molar-refractivity contribution >= 4 is 22.9 Å². The van der Waals surface area contributed by atoms with Gasteiger partial charge in [0.15, 0.2) is 11.4 Å². The van der Waals surface area contributed by atoms with Crippen LogP contribution >= 0.6 is 0 Å². The summed E-state index contributed by atoms with van der Waals surface area (Å²) in [5.41, 5.74) is 7.67. The number of carbonyl (C=O) groups is 1. The van der Waals surface area contributed by atoms with E-state index in [1.54, 1.807) is 20.0 Å². The third kappa shape index (κ3) is 3.07. The summed E-state index contributed by atoms with van der Waals surface area (Å²) < 4.78 is 11.7. The first-order valence-electron chi connectivity index (χ1n) is 7.04. The molecule has 2 rings (SSSR count). The summed E-state index contributed by atoms with van der Waals surface area (Å²) in [6, 6.07) is 0. The van der Waals surface area contributed by atoms with E-state index in [2.05, 4.69) is 17.0 Å². The van der Waals surface area contributed by atoms with Crippen LogP contribution in [0.4, 0.5) is 10.5 Å². The van der Waals surface area contributed by atoms with E-state index in [4.69, 9.17) is 15.2 Å². The molecule has 2 N–H and O–H groups in total. The van der Waals surface area contributed by atoms with Crippen LogP contribution in [-0.4, -0.2) is 27.5 Å². The first-order valence-corrected chi connectivity index (χ1v) is 7.04. The van der Waals surface area contributed by atoms with E-state index in [0.717, 1.165) is 19.4 Å². The summed E-state index contributed by atoms with van der Waals surface area (Å²) >= 11 is 0. The fourth-order valence-electron chi connectivity index (χ4n) is 2.04. The first-order chi connectivity index (χ1) is 10.1. The van der Waals surface area contributed by atoms with Gasteiger partial charge in [-0.3, -0.25) is 0 Å². The van der Waals surface area contributed by atoms with Gasteiger partial charge in [-0.05, 0) is 20.3 Å². The molecule has 0 aliphatic heterocycles. The van der Waals surface area contributed by atoms with Crippen molar-refractivity contribution < 1.29 is 14.3 Å². The average Bonchev–Trinajstić information content (AvgIpc) is 2.84. The second-order valence-electron chi connectivity index (χ2n) is 4.68. The number of carbonyl (C=O) groups excluding carboxylic acids is 1. The number of ether oxygens (including phenoxy) is 2. The number of aromatic nitrogens is 3. The Morgan fingerprint density at radius 2 is 2.19 bits per heavy atom. The van der Waals surface area contributed by atoms with Gasteiger partial charge < -0.3 is 15.2 Å². The fourth-order valence-corrected chi connectivity index (χ4v) is 2.04. The normalized spacial score (nSPS) is 10.8.